The molecule has 0 saturated heterocycles. The van der Waals surface area contributed by atoms with Gasteiger partial charge in [0.25, 0.3) is 0 Å². The molecule has 0 spiro atoms. The Balaban J connectivity index is 4.03. The molecule has 0 rings (SSSR count). The van der Waals surface area contributed by atoms with Gasteiger partial charge >= 0.3 is 0 Å². The van der Waals surface area contributed by atoms with E-state index in [1.54, 1.807) is 0 Å². The Bertz CT molecular complexity index is 216. The van der Waals surface area contributed by atoms with Crippen molar-refractivity contribution in [2.24, 2.45) is 0 Å². The van der Waals surface area contributed by atoms with Crippen LogP contribution in [-0.4, -0.2) is 16.8 Å². The molecule has 0 aromatic heterocycles. The zero-order valence-electron chi connectivity index (χ0n) is 10.4. The summed E-state index contributed by atoms with van der Waals surface area (Å²) in [5, 5.41) is 0. The summed E-state index contributed by atoms with van der Waals surface area (Å²) in [5.74, 6) is -0.0598. The fraction of sp³-hybridized carbons (Fsp3) is 0.846. The second-order valence-corrected chi connectivity index (χ2v) is 5.06. The van der Waals surface area contributed by atoms with Gasteiger partial charge in [-0.25, -0.2) is 0 Å². The number of hydrogen-bond donors (Lipinski definition) is 1. The standard InChI is InChI=1S/C13H23O2S/c1-3-5-7-8-9-12(15)13(16,11-14)10-6-4-2/h16H,3-10H2,1-2H3. The van der Waals surface area contributed by atoms with Gasteiger partial charge in [0.15, 0.2) is 5.78 Å². The highest BCUT2D eigenvalue weighted by Crippen LogP contribution is 2.23. The predicted octanol–water partition coefficient (Wildman–Crippen LogP) is 3.49. The Morgan fingerprint density at radius 1 is 1.12 bits per heavy atom. The summed E-state index contributed by atoms with van der Waals surface area (Å²) >= 11 is 4.20. The molecule has 1 unspecified atom stereocenters. The summed E-state index contributed by atoms with van der Waals surface area (Å²) in [4.78, 5) is 22.7. The maximum Gasteiger partial charge on any atom is 0.223 e. The van der Waals surface area contributed by atoms with Crippen LogP contribution in [0.1, 0.15) is 65.2 Å². The average molecular weight is 243 g/mol. The van der Waals surface area contributed by atoms with Gasteiger partial charge in [-0.05, 0) is 12.8 Å². The zero-order valence-corrected chi connectivity index (χ0v) is 11.3. The zero-order chi connectivity index (χ0) is 12.4. The van der Waals surface area contributed by atoms with Gasteiger partial charge in [0, 0.05) is 6.42 Å². The number of unbranched alkanes of at least 4 members (excludes halogenated alkanes) is 4. The first-order valence-electron chi connectivity index (χ1n) is 6.25. The highest BCUT2D eigenvalue weighted by molar-refractivity contribution is 7.83. The van der Waals surface area contributed by atoms with Crippen molar-refractivity contribution in [3.8, 4) is 0 Å². The smallest absolute Gasteiger partial charge is 0.223 e. The van der Waals surface area contributed by atoms with E-state index in [1.807, 2.05) is 13.2 Å². The summed E-state index contributed by atoms with van der Waals surface area (Å²) in [6.07, 6.45) is 8.82. The molecule has 16 heavy (non-hydrogen) atoms. The molecular weight excluding hydrogens is 220 g/mol. The highest BCUT2D eigenvalue weighted by Gasteiger charge is 2.33. The van der Waals surface area contributed by atoms with E-state index in [2.05, 4.69) is 19.6 Å². The Labute approximate surface area is 105 Å². The van der Waals surface area contributed by atoms with Crippen LogP contribution in [0.3, 0.4) is 0 Å². The van der Waals surface area contributed by atoms with Crippen LogP contribution < -0.4 is 0 Å². The van der Waals surface area contributed by atoms with Crippen molar-refractivity contribution in [2.75, 3.05) is 0 Å². The number of ketones is 1. The molecule has 2 nitrogen and oxygen atoms in total. The van der Waals surface area contributed by atoms with E-state index >= 15 is 0 Å². The minimum absolute atomic E-state index is 0.0598. The first-order chi connectivity index (χ1) is 7.60. The molecule has 1 atom stereocenters. The van der Waals surface area contributed by atoms with Crippen LogP contribution in [0, 0.1) is 0 Å². The van der Waals surface area contributed by atoms with E-state index < -0.39 is 4.75 Å². The third-order valence-corrected chi connectivity index (χ3v) is 3.34. The summed E-state index contributed by atoms with van der Waals surface area (Å²) in [7, 11) is 0. The largest absolute Gasteiger partial charge is 0.298 e. The number of hydrogen-bond acceptors (Lipinski definition) is 3. The van der Waals surface area contributed by atoms with Gasteiger partial charge in [-0.1, -0.05) is 46.0 Å². The molecule has 0 fully saturated rings. The molecule has 0 aromatic carbocycles. The van der Waals surface area contributed by atoms with Gasteiger partial charge < -0.3 is 0 Å². The number of carbonyl (C=O) groups excluding carboxylic acids is 2. The van der Waals surface area contributed by atoms with Crippen LogP contribution in [0.4, 0.5) is 0 Å². The molecule has 0 aromatic rings. The Morgan fingerprint density at radius 2 is 1.75 bits per heavy atom. The van der Waals surface area contributed by atoms with Gasteiger partial charge in [0.1, 0.15) is 4.75 Å². The van der Waals surface area contributed by atoms with Gasteiger partial charge in [-0.15, -0.1) is 0 Å². The lowest BCUT2D eigenvalue weighted by molar-refractivity contribution is -0.120. The summed E-state index contributed by atoms with van der Waals surface area (Å²) in [5.41, 5.74) is 0. The van der Waals surface area contributed by atoms with Gasteiger partial charge in [-0.3, -0.25) is 9.59 Å². The third kappa shape index (κ3) is 5.69. The first-order valence-corrected chi connectivity index (χ1v) is 6.70. The molecule has 0 bridgehead atoms. The lowest BCUT2D eigenvalue weighted by atomic mass is 9.94. The first kappa shape index (κ1) is 15.7. The van der Waals surface area contributed by atoms with E-state index in [-0.39, 0.29) is 5.78 Å². The number of carbonyl (C=O) groups is 1. The lowest BCUT2D eigenvalue weighted by Crippen LogP contribution is -2.34. The minimum atomic E-state index is -1.15. The summed E-state index contributed by atoms with van der Waals surface area (Å²) < 4.78 is -1.15. The van der Waals surface area contributed by atoms with Crippen molar-refractivity contribution in [1.29, 1.82) is 0 Å². The van der Waals surface area contributed by atoms with Crippen LogP contribution in [0.25, 0.3) is 0 Å². The van der Waals surface area contributed by atoms with Gasteiger partial charge in [0.05, 0.1) is 0 Å². The Hall–Kier alpha value is -0.310. The average Bonchev–Trinajstić information content (AvgIpc) is 2.31. The van der Waals surface area contributed by atoms with Crippen molar-refractivity contribution >= 4 is 24.7 Å². The van der Waals surface area contributed by atoms with Gasteiger partial charge in [-0.2, -0.15) is 12.6 Å². The van der Waals surface area contributed by atoms with Crippen LogP contribution >= 0.6 is 12.6 Å². The summed E-state index contributed by atoms with van der Waals surface area (Å²) in [6, 6.07) is 0. The number of thiol groups is 1. The fourth-order valence-electron chi connectivity index (χ4n) is 1.60. The normalized spacial score (nSPS) is 14.4. The second kappa shape index (κ2) is 8.80. The van der Waals surface area contributed by atoms with Crippen molar-refractivity contribution in [3.05, 3.63) is 0 Å². The second-order valence-electron chi connectivity index (χ2n) is 4.30. The molecule has 0 saturated carbocycles. The maximum absolute atomic E-state index is 11.8. The highest BCUT2D eigenvalue weighted by atomic mass is 32.1. The molecule has 0 aliphatic carbocycles. The minimum Gasteiger partial charge on any atom is -0.298 e. The van der Waals surface area contributed by atoms with E-state index in [9.17, 15) is 9.59 Å². The van der Waals surface area contributed by atoms with E-state index in [1.165, 1.54) is 0 Å². The molecule has 0 aliphatic heterocycles. The topological polar surface area (TPSA) is 34.1 Å². The van der Waals surface area contributed by atoms with Gasteiger partial charge in [0.2, 0.25) is 6.29 Å². The van der Waals surface area contributed by atoms with Crippen molar-refractivity contribution in [2.45, 2.75) is 70.0 Å². The molecule has 0 heterocycles. The molecule has 0 aliphatic rings. The van der Waals surface area contributed by atoms with E-state index in [4.69, 9.17) is 0 Å². The van der Waals surface area contributed by atoms with Crippen LogP contribution in [0.2, 0.25) is 0 Å². The molecule has 0 amide bonds. The molecule has 93 valence electrons. The fourth-order valence-corrected chi connectivity index (χ4v) is 1.87. The van der Waals surface area contributed by atoms with Crippen molar-refractivity contribution < 1.29 is 9.59 Å². The van der Waals surface area contributed by atoms with Crippen molar-refractivity contribution in [1.82, 2.24) is 0 Å². The SMILES string of the molecule is CCCCCCC(=O)C(S)([C]=O)CCCC. The van der Waals surface area contributed by atoms with Crippen LogP contribution in [0.5, 0.6) is 0 Å². The molecule has 3 heteroatoms. The van der Waals surface area contributed by atoms with Crippen molar-refractivity contribution in [3.63, 3.8) is 0 Å². The lowest BCUT2D eigenvalue weighted by Gasteiger charge is -2.19. The molecule has 1 radical (unpaired) electrons. The third-order valence-electron chi connectivity index (χ3n) is 2.78. The quantitative estimate of drug-likeness (QED) is 0.362. The number of rotatable bonds is 10. The predicted molar refractivity (Wildman–Crippen MR) is 70.7 cm³/mol. The maximum atomic E-state index is 11.8. The van der Waals surface area contributed by atoms with Crippen LogP contribution in [0.15, 0.2) is 0 Å². The number of Topliss-reactive ketones (excluding diaryl/α,β-unsaturated/α-hetero) is 1. The monoisotopic (exact) mass is 243 g/mol. The Morgan fingerprint density at radius 3 is 2.25 bits per heavy atom. The summed E-state index contributed by atoms with van der Waals surface area (Å²) in [6.45, 7) is 4.16. The molecule has 0 N–H and O–H groups in total. The van der Waals surface area contributed by atoms with E-state index in [0.717, 1.165) is 38.5 Å². The van der Waals surface area contributed by atoms with Crippen LogP contribution in [-0.2, 0) is 9.59 Å². The molecular formula is C13H23O2S. The Kier molecular flexibility index (Phi) is 8.63. The van der Waals surface area contributed by atoms with E-state index in [0.29, 0.717) is 12.8 Å².